The Bertz CT molecular complexity index is 1440. The molecule has 3 aromatic heterocycles. The predicted octanol–water partition coefficient (Wildman–Crippen LogP) is 4.00. The monoisotopic (exact) mass is 456 g/mol. The van der Waals surface area contributed by atoms with Crippen LogP contribution in [0, 0.1) is 28.5 Å². The standard InChI is InChI=1S/C24H17FN6OS/c25-19-2-3-21(16(7-19)9-26)33-22-8-17(13-31-24(22)18(10-27)12-29-31)15-1-4-23(28-11-15)30-6-5-20(32)14-30/h1-4,7-8,11-13,20,32H,5-6,14H2/t20-/m0/s1. The maximum atomic E-state index is 13.6. The number of anilines is 1. The summed E-state index contributed by atoms with van der Waals surface area (Å²) in [5.74, 6) is 0.329. The number of aliphatic hydroxyl groups is 1. The quantitative estimate of drug-likeness (QED) is 0.495. The third-order valence-corrected chi connectivity index (χ3v) is 6.65. The summed E-state index contributed by atoms with van der Waals surface area (Å²) in [5, 5.41) is 33.1. The van der Waals surface area contributed by atoms with Crippen molar-refractivity contribution in [3.8, 4) is 23.3 Å². The van der Waals surface area contributed by atoms with E-state index in [0.29, 0.717) is 22.5 Å². The zero-order chi connectivity index (χ0) is 22.9. The first-order valence-corrected chi connectivity index (χ1v) is 11.1. The van der Waals surface area contributed by atoms with Crippen LogP contribution in [0.2, 0.25) is 0 Å². The molecule has 1 saturated heterocycles. The Hall–Kier alpha value is -3.92. The van der Waals surface area contributed by atoms with Crippen molar-refractivity contribution in [2.24, 2.45) is 0 Å². The first-order valence-electron chi connectivity index (χ1n) is 10.2. The van der Waals surface area contributed by atoms with Crippen LogP contribution in [0.3, 0.4) is 0 Å². The summed E-state index contributed by atoms with van der Waals surface area (Å²) < 4.78 is 15.2. The molecular weight excluding hydrogens is 439 g/mol. The van der Waals surface area contributed by atoms with E-state index in [-0.39, 0.29) is 11.7 Å². The molecule has 1 aliphatic heterocycles. The van der Waals surface area contributed by atoms with Crippen LogP contribution in [0.25, 0.3) is 16.6 Å². The number of nitrogens with zero attached hydrogens (tertiary/aromatic N) is 6. The molecule has 33 heavy (non-hydrogen) atoms. The molecule has 0 bridgehead atoms. The highest BCUT2D eigenvalue weighted by Gasteiger charge is 2.21. The van der Waals surface area contributed by atoms with Crippen LogP contribution in [-0.2, 0) is 0 Å². The fourth-order valence-corrected chi connectivity index (χ4v) is 4.97. The number of hydrogen-bond donors (Lipinski definition) is 1. The first-order chi connectivity index (χ1) is 16.1. The molecule has 4 heterocycles. The highest BCUT2D eigenvalue weighted by molar-refractivity contribution is 7.99. The molecule has 1 fully saturated rings. The SMILES string of the molecule is N#Cc1cc(F)ccc1Sc1cc(-c2ccc(N3CC[C@H](O)C3)nc2)cn2ncc(C#N)c12. The lowest BCUT2D eigenvalue weighted by molar-refractivity contribution is 0.198. The molecule has 9 heteroatoms. The molecule has 4 aromatic rings. The van der Waals surface area contributed by atoms with Crippen molar-refractivity contribution >= 4 is 23.1 Å². The van der Waals surface area contributed by atoms with E-state index in [2.05, 4.69) is 16.2 Å². The van der Waals surface area contributed by atoms with E-state index < -0.39 is 5.82 Å². The predicted molar refractivity (Wildman–Crippen MR) is 121 cm³/mol. The van der Waals surface area contributed by atoms with Gasteiger partial charge in [-0.15, -0.1) is 0 Å². The number of halogens is 1. The average Bonchev–Trinajstić information content (AvgIpc) is 3.46. The van der Waals surface area contributed by atoms with Gasteiger partial charge in [0.2, 0.25) is 0 Å². The van der Waals surface area contributed by atoms with Gasteiger partial charge in [0, 0.05) is 46.4 Å². The smallest absolute Gasteiger partial charge is 0.128 e. The van der Waals surface area contributed by atoms with Gasteiger partial charge in [-0.3, -0.25) is 0 Å². The van der Waals surface area contributed by atoms with Gasteiger partial charge in [-0.1, -0.05) is 11.8 Å². The van der Waals surface area contributed by atoms with Crippen molar-refractivity contribution in [1.29, 1.82) is 10.5 Å². The van der Waals surface area contributed by atoms with Crippen molar-refractivity contribution in [2.45, 2.75) is 22.3 Å². The van der Waals surface area contributed by atoms with E-state index in [0.717, 1.165) is 34.8 Å². The van der Waals surface area contributed by atoms with E-state index in [1.54, 1.807) is 16.8 Å². The van der Waals surface area contributed by atoms with Gasteiger partial charge in [0.15, 0.2) is 0 Å². The summed E-state index contributed by atoms with van der Waals surface area (Å²) >= 11 is 1.29. The number of β-amino-alcohol motifs (C(OH)–C–C–N with tert-alkyl or cyclic N) is 1. The summed E-state index contributed by atoms with van der Waals surface area (Å²) in [4.78, 5) is 7.92. The van der Waals surface area contributed by atoms with E-state index in [4.69, 9.17) is 0 Å². The molecule has 0 unspecified atom stereocenters. The van der Waals surface area contributed by atoms with Crippen LogP contribution in [0.5, 0.6) is 0 Å². The summed E-state index contributed by atoms with van der Waals surface area (Å²) in [6, 6.07) is 14.0. The Morgan fingerprint density at radius 1 is 1.03 bits per heavy atom. The fraction of sp³-hybridized carbons (Fsp3) is 0.167. The number of nitriles is 2. The fourth-order valence-electron chi connectivity index (χ4n) is 3.89. The van der Waals surface area contributed by atoms with Gasteiger partial charge in [-0.2, -0.15) is 15.6 Å². The Labute approximate surface area is 193 Å². The number of fused-ring (bicyclic) bond motifs is 1. The molecule has 1 aliphatic rings. The largest absolute Gasteiger partial charge is 0.391 e. The third kappa shape index (κ3) is 4.00. The Morgan fingerprint density at radius 3 is 2.58 bits per heavy atom. The van der Waals surface area contributed by atoms with Crippen LogP contribution in [0.4, 0.5) is 10.2 Å². The van der Waals surface area contributed by atoms with Crippen LogP contribution >= 0.6 is 11.8 Å². The van der Waals surface area contributed by atoms with Gasteiger partial charge in [0.05, 0.1) is 28.9 Å². The van der Waals surface area contributed by atoms with Crippen LogP contribution in [0.1, 0.15) is 17.5 Å². The first kappa shape index (κ1) is 21.0. The molecule has 5 rings (SSSR count). The number of aromatic nitrogens is 3. The van der Waals surface area contributed by atoms with Crippen molar-refractivity contribution in [3.05, 3.63) is 71.9 Å². The van der Waals surface area contributed by atoms with Gasteiger partial charge in [-0.25, -0.2) is 13.9 Å². The second-order valence-electron chi connectivity index (χ2n) is 7.70. The van der Waals surface area contributed by atoms with E-state index in [1.807, 2.05) is 35.4 Å². The number of pyridine rings is 2. The maximum absolute atomic E-state index is 13.6. The lowest BCUT2D eigenvalue weighted by Gasteiger charge is -2.17. The number of aliphatic hydroxyl groups excluding tert-OH is 1. The molecule has 1 atom stereocenters. The minimum absolute atomic E-state index is 0.223. The van der Waals surface area contributed by atoms with E-state index in [1.165, 1.54) is 30.1 Å². The van der Waals surface area contributed by atoms with Crippen molar-refractivity contribution in [2.75, 3.05) is 18.0 Å². The summed E-state index contributed by atoms with van der Waals surface area (Å²) in [7, 11) is 0. The van der Waals surface area contributed by atoms with Gasteiger partial charge in [0.1, 0.15) is 23.8 Å². The van der Waals surface area contributed by atoms with Gasteiger partial charge in [0.25, 0.3) is 0 Å². The molecule has 0 aliphatic carbocycles. The van der Waals surface area contributed by atoms with Crippen LogP contribution in [-0.4, -0.2) is 38.9 Å². The van der Waals surface area contributed by atoms with Gasteiger partial charge >= 0.3 is 0 Å². The zero-order valence-electron chi connectivity index (χ0n) is 17.3. The molecule has 0 radical (unpaired) electrons. The Kier molecular flexibility index (Phi) is 5.43. The zero-order valence-corrected chi connectivity index (χ0v) is 18.1. The topological polar surface area (TPSA) is 101 Å². The summed E-state index contributed by atoms with van der Waals surface area (Å²) in [5.41, 5.74) is 2.94. The normalized spacial score (nSPS) is 15.5. The Morgan fingerprint density at radius 2 is 1.88 bits per heavy atom. The molecule has 1 N–H and O–H groups in total. The van der Waals surface area contributed by atoms with Gasteiger partial charge < -0.3 is 10.0 Å². The number of rotatable bonds is 4. The minimum Gasteiger partial charge on any atom is -0.391 e. The molecule has 0 amide bonds. The number of benzene rings is 1. The Balaban J connectivity index is 1.56. The maximum Gasteiger partial charge on any atom is 0.128 e. The second kappa shape index (κ2) is 8.55. The molecule has 1 aromatic carbocycles. The molecule has 0 saturated carbocycles. The van der Waals surface area contributed by atoms with Crippen molar-refractivity contribution in [1.82, 2.24) is 14.6 Å². The molecule has 162 valence electrons. The summed E-state index contributed by atoms with van der Waals surface area (Å²) in [6.07, 6.45) is 5.50. The molecular formula is C24H17FN6OS. The van der Waals surface area contributed by atoms with Crippen LogP contribution in [0.15, 0.2) is 64.8 Å². The second-order valence-corrected chi connectivity index (χ2v) is 8.79. The summed E-state index contributed by atoms with van der Waals surface area (Å²) in [6.45, 7) is 1.34. The third-order valence-electron chi connectivity index (χ3n) is 5.55. The average molecular weight is 457 g/mol. The van der Waals surface area contributed by atoms with E-state index in [9.17, 15) is 20.0 Å². The van der Waals surface area contributed by atoms with Crippen molar-refractivity contribution < 1.29 is 9.50 Å². The number of hydrogen-bond acceptors (Lipinski definition) is 7. The lowest BCUT2D eigenvalue weighted by atomic mass is 10.1. The van der Waals surface area contributed by atoms with E-state index >= 15 is 0 Å². The highest BCUT2D eigenvalue weighted by atomic mass is 32.2. The minimum atomic E-state index is -0.478. The van der Waals surface area contributed by atoms with Gasteiger partial charge in [-0.05, 0) is 42.8 Å². The van der Waals surface area contributed by atoms with Crippen molar-refractivity contribution in [3.63, 3.8) is 0 Å². The highest BCUT2D eigenvalue weighted by Crippen LogP contribution is 2.37. The molecule has 7 nitrogen and oxygen atoms in total. The molecule has 0 spiro atoms. The van der Waals surface area contributed by atoms with Crippen LogP contribution < -0.4 is 4.90 Å². The lowest BCUT2D eigenvalue weighted by Crippen LogP contribution is -2.21.